The molecule has 5 nitrogen and oxygen atoms in total. The van der Waals surface area contributed by atoms with E-state index in [2.05, 4.69) is 4.90 Å². The van der Waals surface area contributed by atoms with Crippen LogP contribution < -0.4 is 5.73 Å². The predicted octanol–water partition coefficient (Wildman–Crippen LogP) is 2.08. The van der Waals surface area contributed by atoms with E-state index < -0.39 is 5.97 Å². The van der Waals surface area contributed by atoms with Crippen molar-refractivity contribution < 1.29 is 13.9 Å². The molecule has 1 aliphatic rings. The van der Waals surface area contributed by atoms with Crippen molar-refractivity contribution in [1.29, 1.82) is 0 Å². The average Bonchev–Trinajstić information content (AvgIpc) is 2.81. The number of methoxy groups -OCH3 is 1. The summed E-state index contributed by atoms with van der Waals surface area (Å²) in [5, 5.41) is 0. The lowest BCUT2D eigenvalue weighted by Gasteiger charge is -2.34. The van der Waals surface area contributed by atoms with Crippen LogP contribution >= 0.6 is 0 Å². The number of piperidine rings is 1. The molecule has 1 aliphatic heterocycles. The van der Waals surface area contributed by atoms with Crippen molar-refractivity contribution >= 4 is 5.97 Å². The largest absolute Gasteiger partial charge is 0.463 e. The number of likely N-dealkylation sites (tertiary alicyclic amines) is 1. The maximum atomic E-state index is 11.6. The number of rotatable bonds is 5. The van der Waals surface area contributed by atoms with Crippen LogP contribution in [0, 0.1) is 6.92 Å². The van der Waals surface area contributed by atoms with Crippen molar-refractivity contribution in [1.82, 2.24) is 4.90 Å². The Hall–Kier alpha value is -1.33. The number of ether oxygens (including phenoxy) is 1. The number of nitrogens with zero attached hydrogens (tertiary/aromatic N) is 1. The number of hydrogen-bond acceptors (Lipinski definition) is 5. The normalized spacial score (nSPS) is 20.1. The lowest BCUT2D eigenvalue weighted by Crippen LogP contribution is -2.40. The molecule has 2 heterocycles. The minimum absolute atomic E-state index is 0.315. The Balaban J connectivity index is 2.06. The molecule has 0 spiro atoms. The van der Waals surface area contributed by atoms with E-state index in [-0.39, 0.29) is 0 Å². The highest BCUT2D eigenvalue weighted by molar-refractivity contribution is 5.87. The molecule has 0 amide bonds. The van der Waals surface area contributed by atoms with Gasteiger partial charge in [-0.2, -0.15) is 0 Å². The number of esters is 1. The van der Waals surface area contributed by atoms with E-state index in [1.54, 1.807) is 0 Å². The summed E-state index contributed by atoms with van der Waals surface area (Å²) in [6.45, 7) is 4.39. The molecule has 1 saturated heterocycles. The number of furan rings is 1. The van der Waals surface area contributed by atoms with Crippen LogP contribution in [0.15, 0.2) is 10.5 Å². The van der Waals surface area contributed by atoms with Gasteiger partial charge in [0.2, 0.25) is 5.76 Å². The predicted molar refractivity (Wildman–Crippen MR) is 76.5 cm³/mol. The molecule has 0 radical (unpaired) electrons. The maximum Gasteiger partial charge on any atom is 0.374 e. The summed E-state index contributed by atoms with van der Waals surface area (Å²) >= 11 is 0. The lowest BCUT2D eigenvalue weighted by atomic mass is 9.99. The zero-order chi connectivity index (χ0) is 14.5. The minimum Gasteiger partial charge on any atom is -0.463 e. The second-order valence-corrected chi connectivity index (χ2v) is 5.41. The second-order valence-electron chi connectivity index (χ2n) is 5.41. The Morgan fingerprint density at radius 2 is 2.35 bits per heavy atom. The van der Waals surface area contributed by atoms with Crippen molar-refractivity contribution in [2.75, 3.05) is 20.2 Å². The Morgan fingerprint density at radius 1 is 1.55 bits per heavy atom. The van der Waals surface area contributed by atoms with E-state index in [0.29, 0.717) is 18.3 Å². The molecule has 112 valence electrons. The van der Waals surface area contributed by atoms with Crippen molar-refractivity contribution in [3.05, 3.63) is 23.2 Å². The quantitative estimate of drug-likeness (QED) is 0.836. The Bertz CT molecular complexity index is 454. The van der Waals surface area contributed by atoms with E-state index in [9.17, 15) is 4.79 Å². The lowest BCUT2D eigenvalue weighted by molar-refractivity contribution is 0.0557. The van der Waals surface area contributed by atoms with Crippen LogP contribution in [0.25, 0.3) is 0 Å². The first kappa shape index (κ1) is 15.1. The summed E-state index contributed by atoms with van der Waals surface area (Å²) in [6.07, 6.45) is 4.70. The highest BCUT2D eigenvalue weighted by Crippen LogP contribution is 2.24. The summed E-state index contributed by atoms with van der Waals surface area (Å²) in [5.74, 6) is 0.729. The number of carbonyl (C=O) groups excluding carboxylic acids is 1. The van der Waals surface area contributed by atoms with Crippen molar-refractivity contribution in [2.45, 2.75) is 45.2 Å². The molecular weight excluding hydrogens is 256 g/mol. The van der Waals surface area contributed by atoms with Gasteiger partial charge in [-0.3, -0.25) is 4.90 Å². The zero-order valence-electron chi connectivity index (χ0n) is 12.4. The van der Waals surface area contributed by atoms with Gasteiger partial charge in [-0.05, 0) is 45.3 Å². The summed E-state index contributed by atoms with van der Waals surface area (Å²) < 4.78 is 10.4. The minimum atomic E-state index is -0.411. The fourth-order valence-electron chi connectivity index (χ4n) is 2.91. The Labute approximate surface area is 120 Å². The van der Waals surface area contributed by atoms with Crippen molar-refractivity contribution in [3.8, 4) is 0 Å². The van der Waals surface area contributed by atoms with Gasteiger partial charge in [0.05, 0.1) is 13.7 Å². The molecule has 1 fully saturated rings. The molecule has 5 heteroatoms. The molecule has 1 aromatic rings. The molecule has 1 unspecified atom stereocenters. The first-order valence-corrected chi connectivity index (χ1v) is 7.27. The van der Waals surface area contributed by atoms with Crippen LogP contribution in [-0.4, -0.2) is 37.1 Å². The molecule has 0 aromatic carbocycles. The highest BCUT2D eigenvalue weighted by atomic mass is 16.5. The zero-order valence-corrected chi connectivity index (χ0v) is 12.4. The fourth-order valence-corrected chi connectivity index (χ4v) is 2.91. The summed E-state index contributed by atoms with van der Waals surface area (Å²) in [6, 6.07) is 2.46. The smallest absolute Gasteiger partial charge is 0.374 e. The molecule has 2 N–H and O–H groups in total. The summed E-state index contributed by atoms with van der Waals surface area (Å²) in [4.78, 5) is 14.0. The van der Waals surface area contributed by atoms with Crippen LogP contribution in [0.1, 0.15) is 47.6 Å². The molecule has 0 saturated carbocycles. The Kier molecular flexibility index (Phi) is 5.20. The van der Waals surface area contributed by atoms with Gasteiger partial charge in [-0.25, -0.2) is 4.79 Å². The van der Waals surface area contributed by atoms with Gasteiger partial charge in [-0.1, -0.05) is 6.42 Å². The third kappa shape index (κ3) is 3.41. The van der Waals surface area contributed by atoms with Gasteiger partial charge in [0.1, 0.15) is 5.76 Å². The molecule has 2 rings (SSSR count). The number of carbonyl (C=O) groups is 1. The molecule has 20 heavy (non-hydrogen) atoms. The van der Waals surface area contributed by atoms with Crippen LogP contribution in [-0.2, 0) is 11.3 Å². The van der Waals surface area contributed by atoms with Crippen LogP contribution in [0.4, 0.5) is 0 Å². The fraction of sp³-hybridized carbons (Fsp3) is 0.667. The maximum absolute atomic E-state index is 11.6. The average molecular weight is 280 g/mol. The third-order valence-corrected chi connectivity index (χ3v) is 3.95. The van der Waals surface area contributed by atoms with E-state index in [1.807, 2.05) is 13.0 Å². The van der Waals surface area contributed by atoms with E-state index in [4.69, 9.17) is 14.9 Å². The van der Waals surface area contributed by atoms with Gasteiger partial charge in [-0.15, -0.1) is 0 Å². The molecule has 1 aromatic heterocycles. The van der Waals surface area contributed by atoms with E-state index in [0.717, 1.165) is 30.8 Å². The van der Waals surface area contributed by atoms with Gasteiger partial charge < -0.3 is 14.9 Å². The van der Waals surface area contributed by atoms with Crippen LogP contribution in [0.2, 0.25) is 0 Å². The summed E-state index contributed by atoms with van der Waals surface area (Å²) in [5.41, 5.74) is 6.52. The van der Waals surface area contributed by atoms with Crippen molar-refractivity contribution in [2.24, 2.45) is 5.73 Å². The monoisotopic (exact) mass is 280 g/mol. The molecule has 0 aliphatic carbocycles. The van der Waals surface area contributed by atoms with E-state index >= 15 is 0 Å². The number of aryl methyl sites for hydroxylation is 1. The second kappa shape index (κ2) is 6.90. The van der Waals surface area contributed by atoms with Crippen molar-refractivity contribution in [3.63, 3.8) is 0 Å². The summed E-state index contributed by atoms with van der Waals surface area (Å²) in [7, 11) is 1.37. The van der Waals surface area contributed by atoms with Gasteiger partial charge in [0.15, 0.2) is 0 Å². The first-order valence-electron chi connectivity index (χ1n) is 7.27. The van der Waals surface area contributed by atoms with Gasteiger partial charge in [0, 0.05) is 11.6 Å². The Morgan fingerprint density at radius 3 is 3.05 bits per heavy atom. The SMILES string of the molecule is COC(=O)c1oc(CN2CCCCC2CCN)cc1C. The number of nitrogens with two attached hydrogens (primary N) is 1. The first-order chi connectivity index (χ1) is 9.65. The van der Waals surface area contributed by atoms with Crippen LogP contribution in [0.3, 0.4) is 0 Å². The van der Waals surface area contributed by atoms with E-state index in [1.165, 1.54) is 26.4 Å². The van der Waals surface area contributed by atoms with Gasteiger partial charge in [0.25, 0.3) is 0 Å². The number of hydrogen-bond donors (Lipinski definition) is 1. The third-order valence-electron chi connectivity index (χ3n) is 3.95. The highest BCUT2D eigenvalue weighted by Gasteiger charge is 2.24. The molecular formula is C15H24N2O3. The van der Waals surface area contributed by atoms with Gasteiger partial charge >= 0.3 is 5.97 Å². The topological polar surface area (TPSA) is 68.7 Å². The van der Waals surface area contributed by atoms with Crippen LogP contribution in [0.5, 0.6) is 0 Å². The molecule has 1 atom stereocenters. The standard InChI is InChI=1S/C15H24N2O3/c1-11-9-13(20-14(11)15(18)19-2)10-17-8-4-3-5-12(17)6-7-16/h9,12H,3-8,10,16H2,1-2H3. The molecule has 0 bridgehead atoms.